The maximum absolute atomic E-state index is 10.7. The Hall–Kier alpha value is -2.37. The summed E-state index contributed by atoms with van der Waals surface area (Å²) >= 11 is 0. The van der Waals surface area contributed by atoms with Crippen LogP contribution in [0.1, 0.15) is 5.56 Å². The number of carboxylic acids is 1. The lowest BCUT2D eigenvalue weighted by Gasteiger charge is -2.39. The molecule has 1 aliphatic heterocycles. The van der Waals surface area contributed by atoms with Gasteiger partial charge in [0.05, 0.1) is 20.8 Å². The summed E-state index contributed by atoms with van der Waals surface area (Å²) in [5.41, 5.74) is 0.451. The Kier molecular flexibility index (Phi) is 6.99. The molecule has 0 aromatic heterocycles. The molecule has 150 valence electrons. The Balaban J connectivity index is 2.35. The number of hydrogen-bond donors (Lipinski definition) is 5. The quantitative estimate of drug-likeness (QED) is 0.368. The van der Waals surface area contributed by atoms with E-state index in [4.69, 9.17) is 24.1 Å². The van der Waals surface area contributed by atoms with Crippen molar-refractivity contribution in [3.8, 4) is 17.2 Å². The Bertz CT molecular complexity index is 661. The summed E-state index contributed by atoms with van der Waals surface area (Å²) in [6.07, 6.45) is -5.03. The maximum Gasteiger partial charge on any atom is 0.328 e. The monoisotopic (exact) mass is 386 g/mol. The maximum atomic E-state index is 10.7. The minimum atomic E-state index is -1.61. The van der Waals surface area contributed by atoms with Crippen molar-refractivity contribution in [3.05, 3.63) is 23.8 Å². The smallest absolute Gasteiger partial charge is 0.328 e. The van der Waals surface area contributed by atoms with E-state index >= 15 is 0 Å². The summed E-state index contributed by atoms with van der Waals surface area (Å²) in [6.45, 7) is -0.599. The van der Waals surface area contributed by atoms with E-state index in [0.29, 0.717) is 5.56 Å². The normalized spacial score (nSPS) is 28.1. The molecule has 0 radical (unpaired) electrons. The molecule has 5 N–H and O–H groups in total. The van der Waals surface area contributed by atoms with Crippen LogP contribution in [0.4, 0.5) is 0 Å². The van der Waals surface area contributed by atoms with E-state index in [-0.39, 0.29) is 17.2 Å². The molecule has 10 heteroatoms. The molecule has 0 spiro atoms. The highest BCUT2D eigenvalue weighted by Crippen LogP contribution is 2.40. The third-order valence-electron chi connectivity index (χ3n) is 3.98. The zero-order valence-corrected chi connectivity index (χ0v) is 14.7. The molecule has 2 rings (SSSR count). The number of rotatable bonds is 7. The van der Waals surface area contributed by atoms with E-state index in [1.165, 1.54) is 32.4 Å². The Morgan fingerprint density at radius 1 is 1.11 bits per heavy atom. The van der Waals surface area contributed by atoms with Crippen molar-refractivity contribution in [1.29, 1.82) is 0 Å². The third kappa shape index (κ3) is 4.67. The molecule has 1 fully saturated rings. The summed E-state index contributed by atoms with van der Waals surface area (Å²) in [5.74, 6) is -0.806. The lowest BCUT2D eigenvalue weighted by atomic mass is 9.99. The molecule has 27 heavy (non-hydrogen) atoms. The van der Waals surface area contributed by atoms with Gasteiger partial charge in [-0.05, 0) is 23.8 Å². The van der Waals surface area contributed by atoms with Gasteiger partial charge in [0.2, 0.25) is 12.0 Å². The van der Waals surface area contributed by atoms with Crippen LogP contribution in [0.25, 0.3) is 6.08 Å². The topological polar surface area (TPSA) is 155 Å². The van der Waals surface area contributed by atoms with Crippen molar-refractivity contribution in [1.82, 2.24) is 0 Å². The second-order valence-electron chi connectivity index (χ2n) is 5.74. The van der Waals surface area contributed by atoms with Gasteiger partial charge in [0.15, 0.2) is 11.5 Å². The van der Waals surface area contributed by atoms with Gasteiger partial charge in [0.1, 0.15) is 24.4 Å². The lowest BCUT2D eigenvalue weighted by Crippen LogP contribution is -2.60. The third-order valence-corrected chi connectivity index (χ3v) is 3.98. The molecule has 0 aliphatic carbocycles. The summed E-state index contributed by atoms with van der Waals surface area (Å²) < 4.78 is 21.4. The van der Waals surface area contributed by atoms with Gasteiger partial charge in [0, 0.05) is 6.08 Å². The van der Waals surface area contributed by atoms with Crippen LogP contribution in [0, 0.1) is 0 Å². The van der Waals surface area contributed by atoms with Gasteiger partial charge in [-0.15, -0.1) is 0 Å². The average Bonchev–Trinajstić information content (AvgIpc) is 2.66. The zero-order chi connectivity index (χ0) is 20.1. The minimum Gasteiger partial charge on any atom is -0.493 e. The molecule has 1 aromatic carbocycles. The van der Waals surface area contributed by atoms with Crippen LogP contribution in [-0.2, 0) is 9.53 Å². The van der Waals surface area contributed by atoms with E-state index in [1.807, 2.05) is 0 Å². The van der Waals surface area contributed by atoms with Crippen molar-refractivity contribution >= 4 is 12.0 Å². The van der Waals surface area contributed by atoms with E-state index in [1.54, 1.807) is 0 Å². The molecule has 1 heterocycles. The number of carboxylic acid groups (broad SMARTS) is 1. The lowest BCUT2D eigenvalue weighted by molar-refractivity contribution is -0.277. The Morgan fingerprint density at radius 3 is 2.19 bits per heavy atom. The van der Waals surface area contributed by atoms with Crippen molar-refractivity contribution in [2.24, 2.45) is 0 Å². The molecule has 0 amide bonds. The predicted octanol–water partition coefficient (Wildman–Crippen LogP) is -1.02. The number of ether oxygens (including phenoxy) is 4. The first kappa shape index (κ1) is 20.9. The number of carbonyl (C=O) groups is 1. The minimum absolute atomic E-state index is 0.0248. The molecular formula is C17H22O10. The molecule has 1 aliphatic rings. The van der Waals surface area contributed by atoms with Crippen LogP contribution < -0.4 is 14.2 Å². The number of aliphatic hydroxyl groups excluding tert-OH is 4. The summed E-state index contributed by atoms with van der Waals surface area (Å²) in [7, 11) is 2.69. The number of aliphatic hydroxyl groups is 4. The first-order valence-corrected chi connectivity index (χ1v) is 7.96. The first-order chi connectivity index (χ1) is 12.8. The van der Waals surface area contributed by atoms with Crippen molar-refractivity contribution in [2.75, 3.05) is 20.8 Å². The van der Waals surface area contributed by atoms with Crippen LogP contribution >= 0.6 is 0 Å². The van der Waals surface area contributed by atoms with Gasteiger partial charge in [-0.1, -0.05) is 0 Å². The zero-order valence-electron chi connectivity index (χ0n) is 14.7. The van der Waals surface area contributed by atoms with Gasteiger partial charge < -0.3 is 44.5 Å². The van der Waals surface area contributed by atoms with Crippen molar-refractivity contribution < 1.29 is 49.3 Å². The fraction of sp³-hybridized carbons (Fsp3) is 0.471. The van der Waals surface area contributed by atoms with E-state index in [9.17, 15) is 25.2 Å². The van der Waals surface area contributed by atoms with Crippen LogP contribution in [0.15, 0.2) is 18.2 Å². The standard InChI is InChI=1S/C17H22O10/c1-24-9-5-8(3-4-12(19)20)6-10(25-2)16(9)27-17-15(23)14(22)13(21)11(7-18)26-17/h3-6,11,13-15,17-18,21-23H,7H2,1-2H3,(H,19,20)/t11-,13-,14+,15+,17+/m1/s1. The summed E-state index contributed by atoms with van der Waals surface area (Å²) in [6, 6.07) is 2.95. The second-order valence-corrected chi connectivity index (χ2v) is 5.74. The molecule has 0 unspecified atom stereocenters. The average molecular weight is 386 g/mol. The molecular weight excluding hydrogens is 364 g/mol. The first-order valence-electron chi connectivity index (χ1n) is 7.96. The number of benzene rings is 1. The molecule has 0 saturated carbocycles. The van der Waals surface area contributed by atoms with Crippen LogP contribution in [0.5, 0.6) is 17.2 Å². The molecule has 10 nitrogen and oxygen atoms in total. The van der Waals surface area contributed by atoms with Crippen LogP contribution in [0.3, 0.4) is 0 Å². The highest BCUT2D eigenvalue weighted by molar-refractivity contribution is 5.85. The SMILES string of the molecule is COc1cc(C=CC(=O)O)cc(OC)c1O[C@@H]1O[C@H](CO)[C@@H](O)[C@H](O)[C@@H]1O. The summed E-state index contributed by atoms with van der Waals surface area (Å²) in [5, 5.41) is 47.8. The highest BCUT2D eigenvalue weighted by atomic mass is 16.7. The fourth-order valence-corrected chi connectivity index (χ4v) is 2.56. The van der Waals surface area contributed by atoms with Gasteiger partial charge >= 0.3 is 5.97 Å². The summed E-state index contributed by atoms with van der Waals surface area (Å²) in [4.78, 5) is 10.7. The van der Waals surface area contributed by atoms with E-state index < -0.39 is 43.3 Å². The molecule has 1 aromatic rings. The number of methoxy groups -OCH3 is 2. The van der Waals surface area contributed by atoms with Gasteiger partial charge in [-0.2, -0.15) is 0 Å². The predicted molar refractivity (Wildman–Crippen MR) is 90.6 cm³/mol. The molecule has 5 atom stereocenters. The van der Waals surface area contributed by atoms with E-state index in [0.717, 1.165) is 6.08 Å². The number of hydrogen-bond acceptors (Lipinski definition) is 9. The molecule has 1 saturated heterocycles. The van der Waals surface area contributed by atoms with Gasteiger partial charge in [-0.25, -0.2) is 4.79 Å². The highest BCUT2D eigenvalue weighted by Gasteiger charge is 2.45. The van der Waals surface area contributed by atoms with Crippen molar-refractivity contribution in [3.63, 3.8) is 0 Å². The van der Waals surface area contributed by atoms with Crippen LogP contribution in [0.2, 0.25) is 0 Å². The number of aliphatic carboxylic acids is 1. The van der Waals surface area contributed by atoms with Crippen LogP contribution in [-0.4, -0.2) is 83.0 Å². The Morgan fingerprint density at radius 2 is 1.70 bits per heavy atom. The van der Waals surface area contributed by atoms with Gasteiger partial charge in [0.25, 0.3) is 0 Å². The fourth-order valence-electron chi connectivity index (χ4n) is 2.56. The second kappa shape index (κ2) is 9.02. The van der Waals surface area contributed by atoms with Crippen molar-refractivity contribution in [2.45, 2.75) is 30.7 Å². The van der Waals surface area contributed by atoms with E-state index in [2.05, 4.69) is 0 Å². The van der Waals surface area contributed by atoms with Gasteiger partial charge in [-0.3, -0.25) is 0 Å². The molecule has 0 bridgehead atoms. The Labute approximate surface area is 154 Å². The largest absolute Gasteiger partial charge is 0.493 e.